The van der Waals surface area contributed by atoms with Crippen LogP contribution in [0.4, 0.5) is 0 Å². The van der Waals surface area contributed by atoms with Gasteiger partial charge < -0.3 is 19.7 Å². The van der Waals surface area contributed by atoms with Crippen LogP contribution in [0.3, 0.4) is 0 Å². The van der Waals surface area contributed by atoms with Gasteiger partial charge in [0.25, 0.3) is 0 Å². The Morgan fingerprint density at radius 1 is 1.70 bits per heavy atom. The molecule has 0 spiro atoms. The first kappa shape index (κ1) is 9.55. The van der Waals surface area contributed by atoms with Crippen molar-refractivity contribution in [3.8, 4) is 0 Å². The van der Waals surface area contributed by atoms with Gasteiger partial charge in [-0.2, -0.15) is 0 Å². The summed E-state index contributed by atoms with van der Waals surface area (Å²) in [6.45, 7) is 1.49. The highest BCUT2D eigenvalue weighted by atomic mass is 16.5. The molecule has 0 radical (unpaired) electrons. The van der Waals surface area contributed by atoms with E-state index in [-0.39, 0.29) is 19.3 Å². The molecule has 0 heterocycles. The van der Waals surface area contributed by atoms with Gasteiger partial charge in [0, 0.05) is 0 Å². The molecule has 0 fully saturated rings. The maximum atomic E-state index is 9.81. The average molecular weight is 148 g/mol. The normalized spacial score (nSPS) is 16.3. The maximum Gasteiger partial charge on any atom is 0.150 e. The quantitative estimate of drug-likeness (QED) is 0.488. The zero-order valence-electron chi connectivity index (χ0n) is 5.86. The number of rotatable bonds is 5. The van der Waals surface area contributed by atoms with Crippen molar-refractivity contribution in [3.05, 3.63) is 0 Å². The van der Waals surface area contributed by atoms with Gasteiger partial charge >= 0.3 is 0 Å². The Morgan fingerprint density at radius 3 is 2.70 bits per heavy atom. The van der Waals surface area contributed by atoms with E-state index in [4.69, 9.17) is 14.9 Å². The largest absolute Gasteiger partial charge is 0.394 e. The molecule has 0 aliphatic heterocycles. The molecule has 0 saturated heterocycles. The highest BCUT2D eigenvalue weighted by Gasteiger charge is 2.04. The first-order chi connectivity index (χ1) is 4.70. The number of hydrogen-bond donors (Lipinski definition) is 2. The van der Waals surface area contributed by atoms with Crippen LogP contribution in [0.25, 0.3) is 0 Å². The first-order valence-corrected chi connectivity index (χ1v) is 3.06. The monoisotopic (exact) mass is 148 g/mol. The van der Waals surface area contributed by atoms with Crippen LogP contribution in [0.1, 0.15) is 6.92 Å². The highest BCUT2D eigenvalue weighted by Crippen LogP contribution is 1.89. The van der Waals surface area contributed by atoms with Gasteiger partial charge in [-0.25, -0.2) is 0 Å². The molecule has 0 rings (SSSR count). The molecule has 0 aliphatic carbocycles. The van der Waals surface area contributed by atoms with E-state index in [9.17, 15) is 4.79 Å². The second kappa shape index (κ2) is 5.34. The van der Waals surface area contributed by atoms with Crippen molar-refractivity contribution in [1.29, 1.82) is 0 Å². The molecule has 2 atom stereocenters. The van der Waals surface area contributed by atoms with Crippen LogP contribution in [0.2, 0.25) is 0 Å². The van der Waals surface area contributed by atoms with E-state index in [1.54, 1.807) is 6.92 Å². The topological polar surface area (TPSA) is 66.8 Å². The van der Waals surface area contributed by atoms with Gasteiger partial charge in [-0.15, -0.1) is 0 Å². The third kappa shape index (κ3) is 4.43. The Morgan fingerprint density at radius 2 is 2.30 bits per heavy atom. The first-order valence-electron chi connectivity index (χ1n) is 3.06. The second-order valence-electron chi connectivity index (χ2n) is 2.03. The van der Waals surface area contributed by atoms with E-state index >= 15 is 0 Å². The van der Waals surface area contributed by atoms with Crippen molar-refractivity contribution in [2.24, 2.45) is 0 Å². The number of carbonyl (C=O) groups is 1. The van der Waals surface area contributed by atoms with Crippen molar-refractivity contribution >= 4 is 6.29 Å². The fourth-order valence-electron chi connectivity index (χ4n) is 0.355. The molecular weight excluding hydrogens is 136 g/mol. The molecule has 0 aromatic rings. The molecular formula is C6H12O4. The molecule has 4 heteroatoms. The lowest BCUT2D eigenvalue weighted by Crippen LogP contribution is -2.22. The molecule has 0 bridgehead atoms. The number of hydrogen-bond acceptors (Lipinski definition) is 4. The Hall–Kier alpha value is -0.450. The second-order valence-corrected chi connectivity index (χ2v) is 2.03. The summed E-state index contributed by atoms with van der Waals surface area (Å²) >= 11 is 0. The summed E-state index contributed by atoms with van der Waals surface area (Å²) in [5.41, 5.74) is 0. The Balaban J connectivity index is 3.25. The zero-order valence-corrected chi connectivity index (χ0v) is 5.86. The van der Waals surface area contributed by atoms with Gasteiger partial charge in [-0.3, -0.25) is 0 Å². The summed E-state index contributed by atoms with van der Waals surface area (Å²) in [5.74, 6) is 0. The smallest absolute Gasteiger partial charge is 0.150 e. The Bertz CT molecular complexity index is 93.7. The average Bonchev–Trinajstić information content (AvgIpc) is 1.99. The molecule has 2 unspecified atom stereocenters. The molecule has 0 aromatic carbocycles. The van der Waals surface area contributed by atoms with Gasteiger partial charge in [-0.05, 0) is 6.92 Å². The van der Waals surface area contributed by atoms with Crippen LogP contribution < -0.4 is 0 Å². The van der Waals surface area contributed by atoms with E-state index in [2.05, 4.69) is 0 Å². The van der Waals surface area contributed by atoms with E-state index < -0.39 is 6.10 Å². The van der Waals surface area contributed by atoms with Crippen LogP contribution in [0.15, 0.2) is 0 Å². The summed E-state index contributed by atoms with van der Waals surface area (Å²) < 4.78 is 4.81. The van der Waals surface area contributed by atoms with Crippen LogP contribution in [0.5, 0.6) is 0 Å². The number of carbonyl (C=O) groups excluding carboxylic acids is 1. The van der Waals surface area contributed by atoms with E-state index in [1.807, 2.05) is 0 Å². The number of ether oxygens (including phenoxy) is 1. The van der Waals surface area contributed by atoms with Crippen LogP contribution in [-0.2, 0) is 9.53 Å². The number of aliphatic hydroxyl groups is 2. The molecule has 4 nitrogen and oxygen atoms in total. The van der Waals surface area contributed by atoms with Gasteiger partial charge in [0.05, 0.1) is 19.3 Å². The summed E-state index contributed by atoms with van der Waals surface area (Å²) in [6, 6.07) is 0. The van der Waals surface area contributed by atoms with E-state index in [0.29, 0.717) is 6.29 Å². The molecule has 0 saturated carbocycles. The van der Waals surface area contributed by atoms with Crippen LogP contribution in [-0.4, -0.2) is 41.9 Å². The van der Waals surface area contributed by atoms with Crippen molar-refractivity contribution in [2.75, 3.05) is 13.2 Å². The number of aldehydes is 1. The van der Waals surface area contributed by atoms with E-state index in [1.165, 1.54) is 0 Å². The predicted octanol–water partition coefficient (Wildman–Crippen LogP) is -1.06. The van der Waals surface area contributed by atoms with E-state index in [0.717, 1.165) is 0 Å². The fraction of sp³-hybridized carbons (Fsp3) is 0.833. The zero-order chi connectivity index (χ0) is 7.98. The fourth-order valence-corrected chi connectivity index (χ4v) is 0.355. The third-order valence-corrected chi connectivity index (χ3v) is 0.966. The molecule has 10 heavy (non-hydrogen) atoms. The summed E-state index contributed by atoms with van der Waals surface area (Å²) in [5, 5.41) is 17.1. The third-order valence-electron chi connectivity index (χ3n) is 0.966. The van der Waals surface area contributed by atoms with Crippen LogP contribution in [0, 0.1) is 0 Å². The lowest BCUT2D eigenvalue weighted by Gasteiger charge is -2.09. The Kier molecular flexibility index (Phi) is 5.10. The van der Waals surface area contributed by atoms with Gasteiger partial charge in [0.1, 0.15) is 6.10 Å². The summed E-state index contributed by atoms with van der Waals surface area (Å²) in [6.07, 6.45) is -1.01. The van der Waals surface area contributed by atoms with Gasteiger partial charge in [-0.1, -0.05) is 0 Å². The molecule has 0 aliphatic rings. The minimum atomic E-state index is -1.08. The minimum Gasteiger partial charge on any atom is -0.394 e. The van der Waals surface area contributed by atoms with Crippen molar-refractivity contribution in [2.45, 2.75) is 19.1 Å². The summed E-state index contributed by atoms with van der Waals surface area (Å²) in [4.78, 5) is 9.81. The van der Waals surface area contributed by atoms with Gasteiger partial charge in [0.15, 0.2) is 6.29 Å². The predicted molar refractivity (Wildman–Crippen MR) is 34.6 cm³/mol. The van der Waals surface area contributed by atoms with Gasteiger partial charge in [0.2, 0.25) is 0 Å². The lowest BCUT2D eigenvalue weighted by atomic mass is 10.4. The van der Waals surface area contributed by atoms with Crippen molar-refractivity contribution in [1.82, 2.24) is 0 Å². The highest BCUT2D eigenvalue weighted by molar-refractivity contribution is 5.55. The minimum absolute atomic E-state index is 0.0504. The maximum absolute atomic E-state index is 9.81. The molecule has 0 aromatic heterocycles. The molecule has 60 valence electrons. The number of aliphatic hydroxyl groups excluding tert-OH is 2. The van der Waals surface area contributed by atoms with Crippen molar-refractivity contribution < 1.29 is 19.7 Å². The van der Waals surface area contributed by atoms with Crippen molar-refractivity contribution in [3.63, 3.8) is 0 Å². The van der Waals surface area contributed by atoms with Crippen LogP contribution >= 0.6 is 0 Å². The summed E-state index contributed by atoms with van der Waals surface area (Å²) in [7, 11) is 0. The standard InChI is InChI=1S/C6H12O4/c1-5(2-7)10-4-6(9)3-8/h3,5-7,9H,2,4H2,1H3. The lowest BCUT2D eigenvalue weighted by molar-refractivity contribution is -0.119. The molecule has 2 N–H and O–H groups in total. The molecule has 0 amide bonds. The Labute approximate surface area is 59.4 Å². The SMILES string of the molecule is CC(CO)OCC(O)C=O.